The van der Waals surface area contributed by atoms with Crippen LogP contribution in [0.4, 0.5) is 4.79 Å². The summed E-state index contributed by atoms with van der Waals surface area (Å²) in [5, 5.41) is 11.7. The molecule has 1 atom stereocenters. The second kappa shape index (κ2) is 6.64. The topological polar surface area (TPSA) is 69.6 Å². The molecule has 0 saturated carbocycles. The van der Waals surface area contributed by atoms with Crippen molar-refractivity contribution in [2.24, 2.45) is 0 Å². The molecule has 0 aromatic heterocycles. The Bertz CT molecular complexity index is 402. The highest BCUT2D eigenvalue weighted by Crippen LogP contribution is 2.13. The van der Waals surface area contributed by atoms with E-state index in [4.69, 9.17) is 5.11 Å². The van der Waals surface area contributed by atoms with E-state index < -0.39 is 12.0 Å². The molecule has 2 amide bonds. The molecule has 98 valence electrons. The smallest absolute Gasteiger partial charge is 0.330 e. The maximum atomic E-state index is 11.8. The van der Waals surface area contributed by atoms with Crippen LogP contribution in [0.15, 0.2) is 30.3 Å². The van der Waals surface area contributed by atoms with Gasteiger partial charge in [-0.25, -0.2) is 9.59 Å². The molecular weight excluding hydrogens is 232 g/mol. The molecule has 5 nitrogen and oxygen atoms in total. The number of hydrogen-bond donors (Lipinski definition) is 2. The van der Waals surface area contributed by atoms with Crippen LogP contribution >= 0.6 is 0 Å². The summed E-state index contributed by atoms with van der Waals surface area (Å²) in [7, 11) is 0. The average Bonchev–Trinajstić information content (AvgIpc) is 2.38. The summed E-state index contributed by atoms with van der Waals surface area (Å²) in [6.07, 6.45) is 0. The van der Waals surface area contributed by atoms with Gasteiger partial charge >= 0.3 is 12.0 Å². The zero-order chi connectivity index (χ0) is 13.5. The summed E-state index contributed by atoms with van der Waals surface area (Å²) in [4.78, 5) is 24.6. The van der Waals surface area contributed by atoms with Crippen LogP contribution < -0.4 is 5.32 Å². The van der Waals surface area contributed by atoms with Crippen molar-refractivity contribution >= 4 is 12.0 Å². The second-order valence-electron chi connectivity index (χ2n) is 3.80. The zero-order valence-electron chi connectivity index (χ0n) is 10.6. The highest BCUT2D eigenvalue weighted by atomic mass is 16.4. The quantitative estimate of drug-likeness (QED) is 0.838. The Morgan fingerprint density at radius 1 is 1.22 bits per heavy atom. The van der Waals surface area contributed by atoms with E-state index in [9.17, 15) is 9.59 Å². The molecule has 18 heavy (non-hydrogen) atoms. The summed E-state index contributed by atoms with van der Waals surface area (Å²) in [6.45, 7) is 4.79. The van der Waals surface area contributed by atoms with Gasteiger partial charge in [0.05, 0.1) is 0 Å². The van der Waals surface area contributed by atoms with Crippen molar-refractivity contribution in [1.29, 1.82) is 0 Å². The van der Waals surface area contributed by atoms with Gasteiger partial charge in [0.25, 0.3) is 0 Å². The summed E-state index contributed by atoms with van der Waals surface area (Å²) >= 11 is 0. The van der Waals surface area contributed by atoms with Gasteiger partial charge in [0.2, 0.25) is 0 Å². The molecule has 1 aromatic rings. The number of hydrogen-bond acceptors (Lipinski definition) is 2. The minimum atomic E-state index is -1.07. The number of nitrogens with one attached hydrogen (secondary N) is 1. The van der Waals surface area contributed by atoms with Crippen LogP contribution in [0.1, 0.15) is 25.5 Å². The van der Waals surface area contributed by atoms with Gasteiger partial charge in [-0.05, 0) is 19.4 Å². The first kappa shape index (κ1) is 14.0. The number of rotatable bonds is 5. The number of carboxylic acid groups (broad SMARTS) is 1. The largest absolute Gasteiger partial charge is 0.479 e. The fraction of sp³-hybridized carbons (Fsp3) is 0.385. The lowest BCUT2D eigenvalue weighted by molar-refractivity contribution is -0.139. The minimum Gasteiger partial charge on any atom is -0.479 e. The van der Waals surface area contributed by atoms with Gasteiger partial charge in [-0.15, -0.1) is 0 Å². The van der Waals surface area contributed by atoms with Crippen molar-refractivity contribution in [3.05, 3.63) is 35.9 Å². The molecule has 0 aliphatic carbocycles. The third-order valence-corrected chi connectivity index (χ3v) is 2.70. The van der Waals surface area contributed by atoms with Crippen LogP contribution in [0.25, 0.3) is 0 Å². The molecule has 0 fully saturated rings. The van der Waals surface area contributed by atoms with E-state index in [1.165, 1.54) is 0 Å². The van der Waals surface area contributed by atoms with Gasteiger partial charge in [0.15, 0.2) is 6.04 Å². The molecule has 0 aliphatic heterocycles. The number of carbonyl (C=O) groups is 2. The molecule has 0 radical (unpaired) electrons. The lowest BCUT2D eigenvalue weighted by atomic mass is 10.1. The highest BCUT2D eigenvalue weighted by Gasteiger charge is 2.23. The van der Waals surface area contributed by atoms with Crippen molar-refractivity contribution in [2.45, 2.75) is 19.9 Å². The van der Waals surface area contributed by atoms with Gasteiger partial charge in [-0.2, -0.15) is 0 Å². The molecule has 5 heteroatoms. The molecule has 1 rings (SSSR count). The molecular formula is C13H18N2O3. The van der Waals surface area contributed by atoms with Gasteiger partial charge < -0.3 is 15.3 Å². The van der Waals surface area contributed by atoms with Crippen LogP contribution in [-0.2, 0) is 4.79 Å². The van der Waals surface area contributed by atoms with E-state index in [0.717, 1.165) is 0 Å². The van der Waals surface area contributed by atoms with E-state index in [1.54, 1.807) is 35.2 Å². The molecule has 0 aliphatic rings. The van der Waals surface area contributed by atoms with Crippen molar-refractivity contribution in [1.82, 2.24) is 10.2 Å². The lowest BCUT2D eigenvalue weighted by Crippen LogP contribution is -2.43. The first-order chi connectivity index (χ1) is 8.60. The molecule has 0 bridgehead atoms. The zero-order valence-corrected chi connectivity index (χ0v) is 10.6. The molecule has 0 unspecified atom stereocenters. The Morgan fingerprint density at radius 2 is 1.78 bits per heavy atom. The van der Waals surface area contributed by atoms with Gasteiger partial charge in [0, 0.05) is 13.1 Å². The predicted molar refractivity (Wildman–Crippen MR) is 68.3 cm³/mol. The Morgan fingerprint density at radius 3 is 2.22 bits per heavy atom. The lowest BCUT2D eigenvalue weighted by Gasteiger charge is -2.22. The molecule has 0 saturated heterocycles. The average molecular weight is 250 g/mol. The number of carboxylic acids is 1. The van der Waals surface area contributed by atoms with Gasteiger partial charge in [-0.1, -0.05) is 30.3 Å². The summed E-state index contributed by atoms with van der Waals surface area (Å²) < 4.78 is 0. The fourth-order valence-electron chi connectivity index (χ4n) is 1.66. The van der Waals surface area contributed by atoms with Crippen molar-refractivity contribution in [3.8, 4) is 0 Å². The molecule has 2 N–H and O–H groups in total. The van der Waals surface area contributed by atoms with Crippen LogP contribution in [0.3, 0.4) is 0 Å². The number of nitrogens with zero attached hydrogens (tertiary/aromatic N) is 1. The van der Waals surface area contributed by atoms with E-state index in [1.807, 2.05) is 13.8 Å². The van der Waals surface area contributed by atoms with Crippen molar-refractivity contribution in [2.75, 3.05) is 13.1 Å². The van der Waals surface area contributed by atoms with Crippen molar-refractivity contribution < 1.29 is 14.7 Å². The Kier molecular flexibility index (Phi) is 5.17. The maximum absolute atomic E-state index is 11.8. The van der Waals surface area contributed by atoms with Crippen LogP contribution in [0, 0.1) is 0 Å². The van der Waals surface area contributed by atoms with Gasteiger partial charge in [-0.3, -0.25) is 0 Å². The Balaban J connectivity index is 2.82. The Hall–Kier alpha value is -2.04. The van der Waals surface area contributed by atoms with E-state index in [0.29, 0.717) is 18.7 Å². The normalized spacial score (nSPS) is 11.7. The van der Waals surface area contributed by atoms with Crippen LogP contribution in [0.5, 0.6) is 0 Å². The third kappa shape index (κ3) is 3.48. The summed E-state index contributed by atoms with van der Waals surface area (Å²) in [5.74, 6) is -1.07. The summed E-state index contributed by atoms with van der Waals surface area (Å²) in [5.41, 5.74) is 0.561. The van der Waals surface area contributed by atoms with Crippen LogP contribution in [0.2, 0.25) is 0 Å². The maximum Gasteiger partial charge on any atom is 0.330 e. The second-order valence-corrected chi connectivity index (χ2v) is 3.80. The number of benzene rings is 1. The van der Waals surface area contributed by atoms with Gasteiger partial charge in [0.1, 0.15) is 0 Å². The monoisotopic (exact) mass is 250 g/mol. The van der Waals surface area contributed by atoms with E-state index >= 15 is 0 Å². The Labute approximate surface area is 106 Å². The van der Waals surface area contributed by atoms with E-state index in [-0.39, 0.29) is 6.03 Å². The molecule has 1 aromatic carbocycles. The standard InChI is InChI=1S/C13H18N2O3/c1-3-15(4-2)13(18)14-11(12(16)17)10-8-6-5-7-9-10/h5-9,11H,3-4H2,1-2H3,(H,14,18)(H,16,17)/t11-/m1/s1. The molecule has 0 heterocycles. The van der Waals surface area contributed by atoms with Crippen molar-refractivity contribution in [3.63, 3.8) is 0 Å². The SMILES string of the molecule is CCN(CC)C(=O)N[C@@H](C(=O)O)c1ccccc1. The van der Waals surface area contributed by atoms with Crippen LogP contribution in [-0.4, -0.2) is 35.1 Å². The minimum absolute atomic E-state index is 0.365. The highest BCUT2D eigenvalue weighted by molar-refractivity contribution is 5.83. The summed E-state index contributed by atoms with van der Waals surface area (Å²) in [6, 6.07) is 7.27. The number of urea groups is 1. The predicted octanol–water partition coefficient (Wildman–Crippen LogP) is 1.86. The molecule has 0 spiro atoms. The first-order valence-electron chi connectivity index (χ1n) is 5.93. The van der Waals surface area contributed by atoms with E-state index in [2.05, 4.69) is 5.32 Å². The third-order valence-electron chi connectivity index (χ3n) is 2.70. The fourth-order valence-corrected chi connectivity index (χ4v) is 1.66. The number of carbonyl (C=O) groups excluding carboxylic acids is 1. The number of aliphatic carboxylic acids is 1. The number of amides is 2. The first-order valence-corrected chi connectivity index (χ1v) is 5.93.